The summed E-state index contributed by atoms with van der Waals surface area (Å²) in [6.45, 7) is 1.88. The summed E-state index contributed by atoms with van der Waals surface area (Å²) in [6, 6.07) is 5.50. The number of benzene rings is 1. The number of rotatable bonds is 6. The van der Waals surface area contributed by atoms with E-state index in [1.54, 1.807) is 20.3 Å². The number of hydrogen-bond donors (Lipinski definition) is 1. The fourth-order valence-electron chi connectivity index (χ4n) is 2.02. The Kier molecular flexibility index (Phi) is 5.35. The smallest absolute Gasteiger partial charge is 0.316 e. The van der Waals surface area contributed by atoms with Crippen molar-refractivity contribution in [1.82, 2.24) is 15.3 Å². The van der Waals surface area contributed by atoms with Crippen LogP contribution in [0.4, 0.5) is 0 Å². The van der Waals surface area contributed by atoms with Crippen molar-refractivity contribution in [3.8, 4) is 17.5 Å². The summed E-state index contributed by atoms with van der Waals surface area (Å²) in [5, 5.41) is 2.88. The number of carbonyl (C=O) groups excluding carboxylic acids is 1. The van der Waals surface area contributed by atoms with E-state index in [9.17, 15) is 4.79 Å². The van der Waals surface area contributed by atoms with E-state index in [1.165, 1.54) is 19.5 Å². The standard InChI is InChI=1S/C16H19N3O4/c1-10(11-5-6-13(21-2)14(7-11)22-3)19-15(20)12-8-17-16(23-4)18-9-12/h5-10H,1-4H3,(H,19,20)/t10-/m0/s1. The van der Waals surface area contributed by atoms with E-state index in [4.69, 9.17) is 14.2 Å². The molecule has 2 aromatic rings. The average Bonchev–Trinajstić information content (AvgIpc) is 2.60. The van der Waals surface area contributed by atoms with Crippen LogP contribution in [0.15, 0.2) is 30.6 Å². The normalized spacial score (nSPS) is 11.5. The molecule has 1 atom stereocenters. The van der Waals surface area contributed by atoms with Crippen molar-refractivity contribution in [1.29, 1.82) is 0 Å². The molecule has 0 saturated heterocycles. The second-order valence-electron chi connectivity index (χ2n) is 4.77. The molecule has 0 bridgehead atoms. The predicted octanol–water partition coefficient (Wildman–Crippen LogP) is 1.99. The summed E-state index contributed by atoms with van der Waals surface area (Å²) in [6.07, 6.45) is 2.84. The first-order chi connectivity index (χ1) is 11.1. The Labute approximate surface area is 134 Å². The maximum Gasteiger partial charge on any atom is 0.316 e. The molecule has 1 aromatic carbocycles. The van der Waals surface area contributed by atoms with Crippen LogP contribution in [0.2, 0.25) is 0 Å². The van der Waals surface area contributed by atoms with Gasteiger partial charge >= 0.3 is 6.01 Å². The molecular weight excluding hydrogens is 298 g/mol. The van der Waals surface area contributed by atoms with E-state index in [0.717, 1.165) is 5.56 Å². The van der Waals surface area contributed by atoms with Crippen molar-refractivity contribution in [2.24, 2.45) is 0 Å². The van der Waals surface area contributed by atoms with Gasteiger partial charge in [0.25, 0.3) is 5.91 Å². The summed E-state index contributed by atoms with van der Waals surface area (Å²) in [4.78, 5) is 20.1. The second-order valence-corrected chi connectivity index (χ2v) is 4.77. The zero-order valence-corrected chi connectivity index (χ0v) is 13.5. The van der Waals surface area contributed by atoms with Gasteiger partial charge in [-0.25, -0.2) is 9.97 Å². The molecule has 0 aliphatic heterocycles. The summed E-state index contributed by atoms with van der Waals surface area (Å²) in [5.41, 5.74) is 1.25. The fourth-order valence-corrected chi connectivity index (χ4v) is 2.02. The first-order valence-electron chi connectivity index (χ1n) is 6.97. The summed E-state index contributed by atoms with van der Waals surface area (Å²) >= 11 is 0. The van der Waals surface area contributed by atoms with Gasteiger partial charge in [-0.05, 0) is 24.6 Å². The molecule has 23 heavy (non-hydrogen) atoms. The lowest BCUT2D eigenvalue weighted by Crippen LogP contribution is -2.26. The van der Waals surface area contributed by atoms with Crippen LogP contribution in [-0.4, -0.2) is 37.2 Å². The second kappa shape index (κ2) is 7.44. The SMILES string of the molecule is COc1ncc(C(=O)N[C@@H](C)c2ccc(OC)c(OC)c2)cn1. The largest absolute Gasteiger partial charge is 0.493 e. The maximum atomic E-state index is 12.2. The lowest BCUT2D eigenvalue weighted by atomic mass is 10.1. The first-order valence-corrected chi connectivity index (χ1v) is 6.97. The number of ether oxygens (including phenoxy) is 3. The molecule has 0 fully saturated rings. The lowest BCUT2D eigenvalue weighted by Gasteiger charge is -2.16. The summed E-state index contributed by atoms with van der Waals surface area (Å²) < 4.78 is 15.3. The van der Waals surface area contributed by atoms with Crippen LogP contribution in [0.25, 0.3) is 0 Å². The highest BCUT2D eigenvalue weighted by molar-refractivity contribution is 5.93. The van der Waals surface area contributed by atoms with E-state index >= 15 is 0 Å². The van der Waals surface area contributed by atoms with Crippen LogP contribution < -0.4 is 19.5 Å². The molecular formula is C16H19N3O4. The van der Waals surface area contributed by atoms with Gasteiger partial charge < -0.3 is 19.5 Å². The van der Waals surface area contributed by atoms with Crippen LogP contribution in [0.3, 0.4) is 0 Å². The average molecular weight is 317 g/mol. The fraction of sp³-hybridized carbons (Fsp3) is 0.312. The molecule has 1 N–H and O–H groups in total. The van der Waals surface area contributed by atoms with Gasteiger partial charge in [-0.15, -0.1) is 0 Å². The van der Waals surface area contributed by atoms with E-state index in [1.807, 2.05) is 19.1 Å². The number of methoxy groups -OCH3 is 3. The van der Waals surface area contributed by atoms with Gasteiger partial charge in [0, 0.05) is 12.4 Å². The first kappa shape index (κ1) is 16.5. The quantitative estimate of drug-likeness (QED) is 0.877. The molecule has 1 amide bonds. The minimum atomic E-state index is -0.269. The maximum absolute atomic E-state index is 12.2. The molecule has 0 aliphatic rings. The third-order valence-electron chi connectivity index (χ3n) is 3.33. The van der Waals surface area contributed by atoms with Crippen molar-refractivity contribution in [3.63, 3.8) is 0 Å². The minimum Gasteiger partial charge on any atom is -0.493 e. The van der Waals surface area contributed by atoms with Gasteiger partial charge in [0.2, 0.25) is 0 Å². The van der Waals surface area contributed by atoms with E-state index in [0.29, 0.717) is 17.1 Å². The molecule has 1 heterocycles. The zero-order chi connectivity index (χ0) is 16.8. The molecule has 0 aliphatic carbocycles. The number of carbonyl (C=O) groups is 1. The molecule has 0 unspecified atom stereocenters. The van der Waals surface area contributed by atoms with Crippen LogP contribution in [-0.2, 0) is 0 Å². The van der Waals surface area contributed by atoms with E-state index in [-0.39, 0.29) is 18.0 Å². The molecule has 0 radical (unpaired) electrons. The van der Waals surface area contributed by atoms with Crippen molar-refractivity contribution in [3.05, 3.63) is 41.7 Å². The number of nitrogens with zero attached hydrogens (tertiary/aromatic N) is 2. The summed E-state index contributed by atoms with van der Waals surface area (Å²) in [5.74, 6) is 0.979. The van der Waals surface area contributed by atoms with Crippen molar-refractivity contribution in [2.75, 3.05) is 21.3 Å². The Morgan fingerprint density at radius 2 is 1.70 bits per heavy atom. The van der Waals surface area contributed by atoms with Gasteiger partial charge in [-0.3, -0.25) is 4.79 Å². The molecule has 0 saturated carbocycles. The third kappa shape index (κ3) is 3.88. The molecule has 122 valence electrons. The topological polar surface area (TPSA) is 82.6 Å². The molecule has 2 rings (SSSR count). The lowest BCUT2D eigenvalue weighted by molar-refractivity contribution is 0.0939. The van der Waals surface area contributed by atoms with Crippen LogP contribution in [0.1, 0.15) is 28.9 Å². The van der Waals surface area contributed by atoms with Crippen molar-refractivity contribution < 1.29 is 19.0 Å². The Balaban J connectivity index is 2.11. The van der Waals surface area contributed by atoms with Crippen molar-refractivity contribution >= 4 is 5.91 Å². The van der Waals surface area contributed by atoms with Crippen molar-refractivity contribution in [2.45, 2.75) is 13.0 Å². The minimum absolute atomic E-state index is 0.217. The summed E-state index contributed by atoms with van der Waals surface area (Å²) in [7, 11) is 4.61. The number of amides is 1. The Bertz CT molecular complexity index is 674. The molecule has 0 spiro atoms. The Hall–Kier alpha value is -2.83. The van der Waals surface area contributed by atoms with Crippen LogP contribution >= 0.6 is 0 Å². The molecule has 1 aromatic heterocycles. The van der Waals surface area contributed by atoms with Crippen LogP contribution in [0.5, 0.6) is 17.5 Å². The van der Waals surface area contributed by atoms with Gasteiger partial charge in [-0.2, -0.15) is 0 Å². The Morgan fingerprint density at radius 3 is 2.26 bits per heavy atom. The van der Waals surface area contributed by atoms with Gasteiger partial charge in [0.15, 0.2) is 11.5 Å². The monoisotopic (exact) mass is 317 g/mol. The number of hydrogen-bond acceptors (Lipinski definition) is 6. The van der Waals surface area contributed by atoms with Gasteiger partial charge in [0.1, 0.15) is 0 Å². The van der Waals surface area contributed by atoms with Gasteiger partial charge in [-0.1, -0.05) is 6.07 Å². The van der Waals surface area contributed by atoms with E-state index in [2.05, 4.69) is 15.3 Å². The Morgan fingerprint density at radius 1 is 1.04 bits per heavy atom. The highest BCUT2D eigenvalue weighted by Crippen LogP contribution is 2.29. The van der Waals surface area contributed by atoms with Gasteiger partial charge in [0.05, 0.1) is 32.9 Å². The van der Waals surface area contributed by atoms with Crippen LogP contribution in [0, 0.1) is 0 Å². The molecule has 7 nitrogen and oxygen atoms in total. The number of aromatic nitrogens is 2. The third-order valence-corrected chi connectivity index (χ3v) is 3.33. The zero-order valence-electron chi connectivity index (χ0n) is 13.5. The number of nitrogens with one attached hydrogen (secondary N) is 1. The molecule has 7 heteroatoms. The van der Waals surface area contributed by atoms with E-state index < -0.39 is 0 Å². The highest BCUT2D eigenvalue weighted by Gasteiger charge is 2.14. The highest BCUT2D eigenvalue weighted by atomic mass is 16.5. The predicted molar refractivity (Wildman–Crippen MR) is 84.0 cm³/mol.